The molecule has 1 saturated carbocycles. The Balaban J connectivity index is 1.70. The van der Waals surface area contributed by atoms with Crippen LogP contribution in [0.3, 0.4) is 0 Å². The number of hydrogen-bond acceptors (Lipinski definition) is 4. The second kappa shape index (κ2) is 7.26. The molecule has 1 aliphatic rings. The summed E-state index contributed by atoms with van der Waals surface area (Å²) < 4.78 is 26.0. The number of carbonyl (C=O) groups is 1. The van der Waals surface area contributed by atoms with Gasteiger partial charge in [-0.05, 0) is 39.2 Å². The highest BCUT2D eigenvalue weighted by molar-refractivity contribution is 7.92. The molecule has 1 heterocycles. The van der Waals surface area contributed by atoms with Crippen molar-refractivity contribution in [1.29, 1.82) is 0 Å². The number of aryl methyl sites for hydroxylation is 3. The van der Waals surface area contributed by atoms with Gasteiger partial charge in [-0.15, -0.1) is 0 Å². The summed E-state index contributed by atoms with van der Waals surface area (Å²) in [4.78, 5) is 11.8. The molecule has 124 valence electrons. The highest BCUT2D eigenvalue weighted by Gasteiger charge is 2.30. The summed E-state index contributed by atoms with van der Waals surface area (Å²) in [5, 5.41) is 6.73. The van der Waals surface area contributed by atoms with E-state index in [2.05, 4.69) is 10.4 Å². The SMILES string of the molecule is Cc1cc(C)n(CCCNC(=O)CS(=O)(=O)C2CCCC2)n1. The van der Waals surface area contributed by atoms with Gasteiger partial charge >= 0.3 is 0 Å². The van der Waals surface area contributed by atoms with Crippen molar-refractivity contribution in [2.24, 2.45) is 0 Å². The summed E-state index contributed by atoms with van der Waals surface area (Å²) in [5.41, 5.74) is 2.07. The largest absolute Gasteiger partial charge is 0.355 e. The predicted molar refractivity (Wildman–Crippen MR) is 85.4 cm³/mol. The van der Waals surface area contributed by atoms with Crippen molar-refractivity contribution in [2.75, 3.05) is 12.3 Å². The van der Waals surface area contributed by atoms with Gasteiger partial charge in [0, 0.05) is 18.8 Å². The number of nitrogens with one attached hydrogen (secondary N) is 1. The molecule has 6 nitrogen and oxygen atoms in total. The summed E-state index contributed by atoms with van der Waals surface area (Å²) >= 11 is 0. The minimum absolute atomic E-state index is 0.312. The topological polar surface area (TPSA) is 81.1 Å². The van der Waals surface area contributed by atoms with Gasteiger partial charge in [0.15, 0.2) is 9.84 Å². The summed E-state index contributed by atoms with van der Waals surface area (Å²) in [7, 11) is -3.28. The molecule has 1 aromatic heterocycles. The van der Waals surface area contributed by atoms with Crippen molar-refractivity contribution in [1.82, 2.24) is 15.1 Å². The first-order valence-corrected chi connectivity index (χ1v) is 9.59. The molecular formula is C15H25N3O3S. The normalized spacial score (nSPS) is 16.1. The molecule has 1 amide bonds. The van der Waals surface area contributed by atoms with Crippen LogP contribution in [-0.2, 0) is 21.2 Å². The number of carbonyl (C=O) groups excluding carboxylic acids is 1. The van der Waals surface area contributed by atoms with Crippen LogP contribution in [0.15, 0.2) is 6.07 Å². The molecule has 0 spiro atoms. The number of sulfone groups is 1. The lowest BCUT2D eigenvalue weighted by Crippen LogP contribution is -2.34. The Bertz CT molecular complexity index is 616. The average molecular weight is 327 g/mol. The van der Waals surface area contributed by atoms with Gasteiger partial charge in [0.25, 0.3) is 0 Å². The van der Waals surface area contributed by atoms with Crippen molar-refractivity contribution in [3.05, 3.63) is 17.5 Å². The Kier molecular flexibility index (Phi) is 5.61. The fourth-order valence-electron chi connectivity index (χ4n) is 2.96. The lowest BCUT2D eigenvalue weighted by atomic mass is 10.4. The minimum Gasteiger partial charge on any atom is -0.355 e. The van der Waals surface area contributed by atoms with E-state index in [9.17, 15) is 13.2 Å². The van der Waals surface area contributed by atoms with Gasteiger partial charge in [0.2, 0.25) is 5.91 Å². The van der Waals surface area contributed by atoms with E-state index in [0.29, 0.717) is 19.4 Å². The lowest BCUT2D eigenvalue weighted by molar-refractivity contribution is -0.118. The van der Waals surface area contributed by atoms with Gasteiger partial charge in [0.1, 0.15) is 5.75 Å². The molecule has 22 heavy (non-hydrogen) atoms. The zero-order chi connectivity index (χ0) is 16.2. The average Bonchev–Trinajstić information content (AvgIpc) is 3.05. The summed E-state index contributed by atoms with van der Waals surface area (Å²) in [6.45, 7) is 5.12. The highest BCUT2D eigenvalue weighted by Crippen LogP contribution is 2.25. The van der Waals surface area contributed by atoms with Crippen LogP contribution in [0.2, 0.25) is 0 Å². The van der Waals surface area contributed by atoms with Crippen LogP contribution in [0, 0.1) is 13.8 Å². The number of aromatic nitrogens is 2. The zero-order valence-corrected chi connectivity index (χ0v) is 14.2. The molecule has 2 rings (SSSR count). The van der Waals surface area contributed by atoms with E-state index in [1.54, 1.807) is 0 Å². The minimum atomic E-state index is -3.28. The molecule has 0 atom stereocenters. The molecule has 0 aliphatic heterocycles. The van der Waals surface area contributed by atoms with E-state index < -0.39 is 9.84 Å². The third-order valence-corrected chi connectivity index (χ3v) is 6.27. The van der Waals surface area contributed by atoms with Crippen LogP contribution in [0.25, 0.3) is 0 Å². The number of nitrogens with zero attached hydrogens (tertiary/aromatic N) is 2. The van der Waals surface area contributed by atoms with Crippen LogP contribution in [0.4, 0.5) is 0 Å². The van der Waals surface area contributed by atoms with E-state index >= 15 is 0 Å². The summed E-state index contributed by atoms with van der Waals surface area (Å²) in [6.07, 6.45) is 4.04. The maximum Gasteiger partial charge on any atom is 0.235 e. The van der Waals surface area contributed by atoms with Gasteiger partial charge in [-0.2, -0.15) is 5.10 Å². The Hall–Kier alpha value is -1.37. The van der Waals surface area contributed by atoms with E-state index in [0.717, 1.165) is 37.2 Å². The van der Waals surface area contributed by atoms with E-state index in [1.165, 1.54) is 0 Å². The van der Waals surface area contributed by atoms with Crippen molar-refractivity contribution < 1.29 is 13.2 Å². The Labute approximate surface area is 132 Å². The van der Waals surface area contributed by atoms with Gasteiger partial charge in [-0.3, -0.25) is 9.48 Å². The van der Waals surface area contributed by atoms with Crippen molar-refractivity contribution in [3.63, 3.8) is 0 Å². The number of amides is 1. The van der Waals surface area contributed by atoms with Crippen LogP contribution in [0.1, 0.15) is 43.5 Å². The molecule has 1 N–H and O–H groups in total. The van der Waals surface area contributed by atoms with E-state index in [4.69, 9.17) is 0 Å². The zero-order valence-electron chi connectivity index (χ0n) is 13.3. The maximum absolute atomic E-state index is 12.1. The predicted octanol–water partition coefficient (Wildman–Crippen LogP) is 1.36. The van der Waals surface area contributed by atoms with E-state index in [1.807, 2.05) is 24.6 Å². The van der Waals surface area contributed by atoms with Crippen LogP contribution < -0.4 is 5.32 Å². The Morgan fingerprint density at radius 2 is 2.05 bits per heavy atom. The third kappa shape index (κ3) is 4.56. The molecule has 0 saturated heterocycles. The molecule has 1 aliphatic carbocycles. The Morgan fingerprint density at radius 1 is 1.36 bits per heavy atom. The molecule has 0 radical (unpaired) electrons. The van der Waals surface area contributed by atoms with Crippen LogP contribution in [0.5, 0.6) is 0 Å². The van der Waals surface area contributed by atoms with Gasteiger partial charge in [-0.25, -0.2) is 8.42 Å². The highest BCUT2D eigenvalue weighted by atomic mass is 32.2. The molecule has 0 unspecified atom stereocenters. The lowest BCUT2D eigenvalue weighted by Gasteiger charge is -2.11. The number of rotatable bonds is 7. The fourth-order valence-corrected chi connectivity index (χ4v) is 4.71. The van der Waals surface area contributed by atoms with Crippen LogP contribution in [-0.4, -0.2) is 41.7 Å². The second-order valence-electron chi connectivity index (χ2n) is 6.07. The standard InChI is InChI=1S/C15H25N3O3S/c1-12-10-13(2)18(17-12)9-5-8-16-15(19)11-22(20,21)14-6-3-4-7-14/h10,14H,3-9,11H2,1-2H3,(H,16,19). The summed E-state index contributed by atoms with van der Waals surface area (Å²) in [5.74, 6) is -0.766. The second-order valence-corrected chi connectivity index (χ2v) is 8.35. The molecule has 7 heteroatoms. The quantitative estimate of drug-likeness (QED) is 0.767. The molecule has 0 aromatic carbocycles. The first kappa shape index (κ1) is 17.0. The third-order valence-electron chi connectivity index (χ3n) is 4.11. The van der Waals surface area contributed by atoms with Gasteiger partial charge < -0.3 is 5.32 Å². The number of hydrogen-bond donors (Lipinski definition) is 1. The first-order chi connectivity index (χ1) is 10.4. The van der Waals surface area contributed by atoms with Crippen LogP contribution >= 0.6 is 0 Å². The first-order valence-electron chi connectivity index (χ1n) is 7.88. The van der Waals surface area contributed by atoms with Gasteiger partial charge in [-0.1, -0.05) is 12.8 Å². The van der Waals surface area contributed by atoms with Crippen molar-refractivity contribution in [2.45, 2.75) is 57.7 Å². The van der Waals surface area contributed by atoms with Gasteiger partial charge in [0.05, 0.1) is 10.9 Å². The molecule has 0 bridgehead atoms. The van der Waals surface area contributed by atoms with Crippen molar-refractivity contribution in [3.8, 4) is 0 Å². The molecular weight excluding hydrogens is 302 g/mol. The smallest absolute Gasteiger partial charge is 0.235 e. The summed E-state index contributed by atoms with van der Waals surface area (Å²) in [6, 6.07) is 2.01. The monoisotopic (exact) mass is 327 g/mol. The van der Waals surface area contributed by atoms with Crippen molar-refractivity contribution >= 4 is 15.7 Å². The molecule has 1 aromatic rings. The fraction of sp³-hybridized carbons (Fsp3) is 0.733. The molecule has 1 fully saturated rings. The van der Waals surface area contributed by atoms with E-state index in [-0.39, 0.29) is 16.9 Å². The maximum atomic E-state index is 12.1. The Morgan fingerprint density at radius 3 is 2.64 bits per heavy atom.